The fraction of sp³-hybridized carbons (Fsp3) is 0.765. The fourth-order valence-corrected chi connectivity index (χ4v) is 8.62. The van der Waals surface area contributed by atoms with Crippen LogP contribution < -0.4 is 0 Å². The molecule has 380 valence electrons. The molecule has 6 N–H and O–H groups in total. The Labute approximate surface area is 396 Å². The lowest BCUT2D eigenvalue weighted by atomic mass is 9.85. The second-order valence-electron chi connectivity index (χ2n) is 17.7. The summed E-state index contributed by atoms with van der Waals surface area (Å²) in [7, 11) is -5.14. The summed E-state index contributed by atoms with van der Waals surface area (Å²) in [6.45, 7) is 3.13. The van der Waals surface area contributed by atoms with E-state index in [9.17, 15) is 44.6 Å². The molecule has 0 bridgehead atoms. The van der Waals surface area contributed by atoms with Gasteiger partial charge in [-0.3, -0.25) is 18.6 Å². The van der Waals surface area contributed by atoms with E-state index in [1.165, 1.54) is 77.0 Å². The third kappa shape index (κ3) is 28.7. The molecule has 1 heterocycles. The number of allylic oxidation sites excluding steroid dienone is 8. The van der Waals surface area contributed by atoms with Gasteiger partial charge in [0.05, 0.1) is 18.8 Å². The fourth-order valence-electron chi connectivity index (χ4n) is 7.65. The van der Waals surface area contributed by atoms with Crippen molar-refractivity contribution in [2.24, 2.45) is 0 Å². The summed E-state index contributed by atoms with van der Waals surface area (Å²) in [6, 6.07) is 0. The van der Waals surface area contributed by atoms with Crippen LogP contribution in [0.15, 0.2) is 60.8 Å². The van der Waals surface area contributed by atoms with E-state index in [1.54, 1.807) is 0 Å². The lowest BCUT2D eigenvalue weighted by Gasteiger charge is -2.41. The van der Waals surface area contributed by atoms with Crippen LogP contribution >= 0.6 is 7.82 Å². The molecule has 66 heavy (non-hydrogen) atoms. The molecule has 2 fully saturated rings. The highest BCUT2D eigenvalue weighted by Gasteiger charge is 2.51. The number of hydrogen-bond donors (Lipinski definition) is 6. The van der Waals surface area contributed by atoms with Crippen LogP contribution in [0.4, 0.5) is 0 Å². The molecule has 0 radical (unpaired) electrons. The van der Waals surface area contributed by atoms with Crippen molar-refractivity contribution in [1.82, 2.24) is 0 Å². The van der Waals surface area contributed by atoms with Crippen LogP contribution in [-0.2, 0) is 37.4 Å². The molecule has 0 aromatic carbocycles. The van der Waals surface area contributed by atoms with Crippen LogP contribution in [0.5, 0.6) is 0 Å². The third-order valence-corrected chi connectivity index (χ3v) is 12.8. The van der Waals surface area contributed by atoms with Crippen molar-refractivity contribution in [3.05, 3.63) is 60.8 Å². The number of phosphoric ester groups is 1. The van der Waals surface area contributed by atoms with Crippen molar-refractivity contribution in [1.29, 1.82) is 0 Å². The summed E-state index contributed by atoms with van der Waals surface area (Å²) in [5.74, 6) is -1.20. The van der Waals surface area contributed by atoms with E-state index in [2.05, 4.69) is 56.4 Å². The number of carbonyl (C=O) groups is 2. The first kappa shape index (κ1) is 59.6. The molecule has 1 saturated carbocycles. The van der Waals surface area contributed by atoms with E-state index < -0.39 is 75.7 Å². The average molecular weight is 955 g/mol. The maximum absolute atomic E-state index is 12.8. The van der Waals surface area contributed by atoms with Crippen molar-refractivity contribution in [3.8, 4) is 0 Å². The molecule has 1 aliphatic carbocycles. The first-order valence-corrected chi connectivity index (χ1v) is 26.7. The normalized spacial score (nSPS) is 24.8. The Morgan fingerprint density at radius 3 is 1.48 bits per heavy atom. The van der Waals surface area contributed by atoms with Crippen LogP contribution in [0, 0.1) is 0 Å². The molecule has 14 nitrogen and oxygen atoms in total. The van der Waals surface area contributed by atoms with Crippen LogP contribution in [0.2, 0.25) is 0 Å². The number of esters is 2. The van der Waals surface area contributed by atoms with Gasteiger partial charge in [0.2, 0.25) is 0 Å². The van der Waals surface area contributed by atoms with Crippen molar-refractivity contribution < 1.29 is 67.8 Å². The first-order chi connectivity index (χ1) is 31.9. The summed E-state index contributed by atoms with van der Waals surface area (Å²) in [5.41, 5.74) is 0. The summed E-state index contributed by atoms with van der Waals surface area (Å²) in [5, 5.41) is 50.2. The SMILES string of the molecule is CC/C=C\CC1OC1C/C=C\C/C=C\C/C=C\C/C=C\CCC(=O)OC[C@H](COP(=O)(O)OC1[C@H](O)[C@H](O)C(O)[C@H](O)[C@H]1O)OC(=O)CCCCCCCCCCCCCCCCCCC. The monoisotopic (exact) mass is 955 g/mol. The largest absolute Gasteiger partial charge is 0.472 e. The molecule has 15 heteroatoms. The molecule has 0 spiro atoms. The molecule has 5 unspecified atom stereocenters. The molecule has 10 atom stereocenters. The molecule has 1 saturated heterocycles. The lowest BCUT2D eigenvalue weighted by molar-refractivity contribution is -0.220. The zero-order chi connectivity index (χ0) is 48.3. The van der Waals surface area contributed by atoms with Crippen molar-refractivity contribution in [2.45, 2.75) is 236 Å². The van der Waals surface area contributed by atoms with E-state index in [0.29, 0.717) is 31.5 Å². The molecule has 2 rings (SSSR count). The molecule has 2 aliphatic rings. The number of phosphoric acid groups is 1. The summed E-state index contributed by atoms with van der Waals surface area (Å²) >= 11 is 0. The minimum atomic E-state index is -5.14. The number of unbranched alkanes of at least 4 members (excludes halogenated alkanes) is 16. The second-order valence-corrected chi connectivity index (χ2v) is 19.1. The Morgan fingerprint density at radius 2 is 0.985 bits per heavy atom. The summed E-state index contributed by atoms with van der Waals surface area (Å²) in [6.07, 6.45) is 34.6. The Morgan fingerprint density at radius 1 is 0.545 bits per heavy atom. The minimum Gasteiger partial charge on any atom is -0.462 e. The highest BCUT2D eigenvalue weighted by atomic mass is 31.2. The number of carbonyl (C=O) groups excluding carboxylic acids is 2. The zero-order valence-electron chi connectivity index (χ0n) is 40.2. The lowest BCUT2D eigenvalue weighted by Crippen LogP contribution is -2.64. The van der Waals surface area contributed by atoms with E-state index in [1.807, 2.05) is 18.2 Å². The smallest absolute Gasteiger partial charge is 0.462 e. The van der Waals surface area contributed by atoms with Gasteiger partial charge in [0.15, 0.2) is 6.10 Å². The van der Waals surface area contributed by atoms with Crippen molar-refractivity contribution >= 4 is 19.8 Å². The Kier molecular flexibility index (Phi) is 33.8. The predicted octanol–water partition coefficient (Wildman–Crippen LogP) is 9.49. The number of hydrogen-bond acceptors (Lipinski definition) is 13. The van der Waals surface area contributed by atoms with E-state index >= 15 is 0 Å². The molecule has 1 aliphatic heterocycles. The van der Waals surface area contributed by atoms with Gasteiger partial charge in [0, 0.05) is 12.8 Å². The van der Waals surface area contributed by atoms with Gasteiger partial charge in [0.1, 0.15) is 43.2 Å². The molecule has 0 amide bonds. The van der Waals surface area contributed by atoms with Gasteiger partial charge in [-0.2, -0.15) is 0 Å². The number of aliphatic hydroxyl groups excluding tert-OH is 5. The van der Waals surface area contributed by atoms with Crippen LogP contribution in [0.1, 0.15) is 181 Å². The standard InChI is InChI=1S/C51H87O14P/c1-3-5-7-8-9-10-11-12-13-14-15-16-21-24-27-30-34-38-45(53)63-41(40-62-66(59,60)65-51-49(57)47(55)46(54)48(56)50(51)58)39-61-44(52)37-33-29-26-23-20-18-17-19-22-25-28-32-36-43-42(64-43)35-31-6-4-2/h6,18-20,22,26,28-29,31-32,41-43,46-51,54-58H,3-5,7-17,21,23-25,27,30,33-40H2,1-2H3,(H,59,60)/b20-18-,22-19-,29-26-,31-6-,32-28-/t41-,42?,43?,46?,47-,48+,49-,50-,51?/m1/s1. The Balaban J connectivity index is 1.69. The maximum Gasteiger partial charge on any atom is 0.472 e. The Hall–Kier alpha value is -2.49. The highest BCUT2D eigenvalue weighted by molar-refractivity contribution is 7.47. The number of aliphatic hydroxyl groups is 5. The second kappa shape index (κ2) is 37.4. The van der Waals surface area contributed by atoms with E-state index in [-0.39, 0.29) is 12.8 Å². The molecule has 0 aromatic rings. The summed E-state index contributed by atoms with van der Waals surface area (Å²) < 4.78 is 39.2. The van der Waals surface area contributed by atoms with Gasteiger partial charge in [-0.05, 0) is 51.4 Å². The van der Waals surface area contributed by atoms with Crippen molar-refractivity contribution in [2.75, 3.05) is 13.2 Å². The predicted molar refractivity (Wildman–Crippen MR) is 257 cm³/mol. The van der Waals surface area contributed by atoms with Gasteiger partial charge in [-0.15, -0.1) is 0 Å². The average Bonchev–Trinajstić information content (AvgIpc) is 4.06. The summed E-state index contributed by atoms with van der Waals surface area (Å²) in [4.78, 5) is 35.8. The van der Waals surface area contributed by atoms with Gasteiger partial charge >= 0.3 is 19.8 Å². The topological polar surface area (TPSA) is 222 Å². The van der Waals surface area contributed by atoms with Gasteiger partial charge in [0.25, 0.3) is 0 Å². The molecule has 0 aromatic heterocycles. The quantitative estimate of drug-likeness (QED) is 0.0111. The number of ether oxygens (including phenoxy) is 3. The molecular weight excluding hydrogens is 868 g/mol. The highest BCUT2D eigenvalue weighted by Crippen LogP contribution is 2.47. The molecular formula is C51H87O14P. The van der Waals surface area contributed by atoms with E-state index in [0.717, 1.165) is 57.8 Å². The first-order valence-electron chi connectivity index (χ1n) is 25.2. The van der Waals surface area contributed by atoms with Crippen LogP contribution in [-0.4, -0.2) is 111 Å². The van der Waals surface area contributed by atoms with Gasteiger partial charge in [-0.1, -0.05) is 177 Å². The van der Waals surface area contributed by atoms with Crippen LogP contribution in [0.3, 0.4) is 0 Å². The number of epoxide rings is 1. The van der Waals surface area contributed by atoms with Crippen molar-refractivity contribution in [3.63, 3.8) is 0 Å². The minimum absolute atomic E-state index is 0.0379. The Bertz CT molecular complexity index is 1450. The maximum atomic E-state index is 12.8. The third-order valence-electron chi connectivity index (χ3n) is 11.8. The number of rotatable bonds is 40. The van der Waals surface area contributed by atoms with Gasteiger partial charge in [-0.25, -0.2) is 4.57 Å². The zero-order valence-corrected chi connectivity index (χ0v) is 41.1. The van der Waals surface area contributed by atoms with E-state index in [4.69, 9.17) is 23.3 Å². The van der Waals surface area contributed by atoms with Crippen LogP contribution in [0.25, 0.3) is 0 Å². The van der Waals surface area contributed by atoms with Gasteiger partial charge < -0.3 is 44.6 Å².